The predicted octanol–water partition coefficient (Wildman–Crippen LogP) is 3.01. The van der Waals surface area contributed by atoms with Crippen LogP contribution in [-0.2, 0) is 6.61 Å². The first-order valence-electron chi connectivity index (χ1n) is 7.07. The van der Waals surface area contributed by atoms with Crippen LogP contribution in [0.4, 0.5) is 0 Å². The Morgan fingerprint density at radius 2 is 1.74 bits per heavy atom. The molecule has 0 bridgehead atoms. The second kappa shape index (κ2) is 5.70. The van der Waals surface area contributed by atoms with Crippen molar-refractivity contribution in [1.82, 2.24) is 0 Å². The van der Waals surface area contributed by atoms with E-state index in [1.54, 1.807) is 0 Å². The second-order valence-electron chi connectivity index (χ2n) is 5.20. The lowest BCUT2D eigenvalue weighted by atomic mass is 10.1. The fourth-order valence-corrected chi connectivity index (χ4v) is 2.74. The Morgan fingerprint density at radius 1 is 1.05 bits per heavy atom. The van der Waals surface area contributed by atoms with Gasteiger partial charge in [-0.05, 0) is 31.7 Å². The third kappa shape index (κ3) is 2.78. The zero-order valence-electron chi connectivity index (χ0n) is 11.1. The summed E-state index contributed by atoms with van der Waals surface area (Å²) in [6, 6.07) is 3.66. The maximum atomic E-state index is 9.46. The van der Waals surface area contributed by atoms with Crippen LogP contribution >= 0.6 is 0 Å². The van der Waals surface area contributed by atoms with Crippen LogP contribution in [0.5, 0.6) is 17.2 Å². The molecule has 3 rings (SSSR count). The number of hydrogen-bond acceptors (Lipinski definition) is 4. The second-order valence-corrected chi connectivity index (χ2v) is 5.20. The first-order chi connectivity index (χ1) is 9.36. The van der Waals surface area contributed by atoms with Gasteiger partial charge in [0.1, 0.15) is 5.75 Å². The Balaban J connectivity index is 1.79. The molecule has 1 fully saturated rings. The van der Waals surface area contributed by atoms with E-state index < -0.39 is 0 Å². The van der Waals surface area contributed by atoms with Gasteiger partial charge >= 0.3 is 0 Å². The van der Waals surface area contributed by atoms with E-state index in [1.165, 1.54) is 25.7 Å². The number of ether oxygens (including phenoxy) is 3. The van der Waals surface area contributed by atoms with Gasteiger partial charge in [0.05, 0.1) is 12.7 Å². The van der Waals surface area contributed by atoms with E-state index in [9.17, 15) is 5.11 Å². The van der Waals surface area contributed by atoms with Crippen LogP contribution in [0, 0.1) is 0 Å². The lowest BCUT2D eigenvalue weighted by Gasteiger charge is -2.19. The molecule has 104 valence electrons. The van der Waals surface area contributed by atoms with Gasteiger partial charge in [-0.2, -0.15) is 0 Å². The minimum absolute atomic E-state index is 0.0430. The molecule has 0 radical (unpaired) electrons. The maximum absolute atomic E-state index is 9.46. The van der Waals surface area contributed by atoms with E-state index >= 15 is 0 Å². The molecule has 1 aromatic rings. The minimum atomic E-state index is -0.0430. The maximum Gasteiger partial charge on any atom is 0.231 e. The number of aliphatic hydroxyl groups excluding tert-OH is 1. The summed E-state index contributed by atoms with van der Waals surface area (Å²) in [5.41, 5.74) is 0.772. The van der Waals surface area contributed by atoms with Crippen molar-refractivity contribution >= 4 is 0 Å². The molecule has 1 N–H and O–H groups in total. The monoisotopic (exact) mass is 264 g/mol. The number of aliphatic hydroxyl groups is 1. The number of benzene rings is 1. The molecule has 4 nitrogen and oxygen atoms in total. The number of rotatable bonds is 3. The summed E-state index contributed by atoms with van der Waals surface area (Å²) in [7, 11) is 0. The molecule has 0 aromatic heterocycles. The summed E-state index contributed by atoms with van der Waals surface area (Å²) < 4.78 is 16.8. The van der Waals surface area contributed by atoms with Crippen LogP contribution in [0.1, 0.15) is 44.1 Å². The fraction of sp³-hybridized carbons (Fsp3) is 0.600. The van der Waals surface area contributed by atoms with E-state index in [2.05, 4.69) is 0 Å². The molecular weight excluding hydrogens is 244 g/mol. The van der Waals surface area contributed by atoms with Crippen molar-refractivity contribution in [3.05, 3.63) is 17.7 Å². The average Bonchev–Trinajstić information content (AvgIpc) is 2.72. The molecule has 4 heteroatoms. The van der Waals surface area contributed by atoms with E-state index in [0.717, 1.165) is 24.2 Å². The molecule has 19 heavy (non-hydrogen) atoms. The van der Waals surface area contributed by atoms with Crippen molar-refractivity contribution in [2.75, 3.05) is 6.79 Å². The summed E-state index contributed by atoms with van der Waals surface area (Å²) in [6.07, 6.45) is 7.50. The summed E-state index contributed by atoms with van der Waals surface area (Å²) in [6.45, 7) is 0.200. The smallest absolute Gasteiger partial charge is 0.231 e. The topological polar surface area (TPSA) is 47.9 Å². The van der Waals surface area contributed by atoms with E-state index in [0.29, 0.717) is 11.5 Å². The highest BCUT2D eigenvalue weighted by atomic mass is 16.7. The van der Waals surface area contributed by atoms with Crippen molar-refractivity contribution in [1.29, 1.82) is 0 Å². The van der Waals surface area contributed by atoms with E-state index in [-0.39, 0.29) is 19.5 Å². The number of hydrogen-bond donors (Lipinski definition) is 1. The molecule has 0 amide bonds. The van der Waals surface area contributed by atoms with Crippen LogP contribution in [-0.4, -0.2) is 18.0 Å². The van der Waals surface area contributed by atoms with Crippen LogP contribution in [0.15, 0.2) is 12.1 Å². The SMILES string of the molecule is OCc1cc2c(cc1OC1CCCCCC1)OCO2. The van der Waals surface area contributed by atoms with Gasteiger partial charge in [0.15, 0.2) is 11.5 Å². The van der Waals surface area contributed by atoms with Gasteiger partial charge in [-0.25, -0.2) is 0 Å². The molecule has 1 aliphatic carbocycles. The van der Waals surface area contributed by atoms with Gasteiger partial charge in [0.25, 0.3) is 0 Å². The van der Waals surface area contributed by atoms with Crippen LogP contribution in [0.3, 0.4) is 0 Å². The Hall–Kier alpha value is -1.42. The molecule has 0 atom stereocenters. The van der Waals surface area contributed by atoms with Crippen molar-refractivity contribution < 1.29 is 19.3 Å². The Bertz CT molecular complexity index is 436. The third-order valence-corrected chi connectivity index (χ3v) is 3.82. The highest BCUT2D eigenvalue weighted by Crippen LogP contribution is 2.39. The van der Waals surface area contributed by atoms with Gasteiger partial charge in [0, 0.05) is 11.6 Å². The first-order valence-corrected chi connectivity index (χ1v) is 7.07. The molecule has 1 aliphatic heterocycles. The van der Waals surface area contributed by atoms with Crippen molar-refractivity contribution in [3.8, 4) is 17.2 Å². The lowest BCUT2D eigenvalue weighted by molar-refractivity contribution is 0.171. The molecule has 0 spiro atoms. The summed E-state index contributed by atoms with van der Waals surface area (Å²) in [4.78, 5) is 0. The minimum Gasteiger partial charge on any atom is -0.490 e. The Kier molecular flexibility index (Phi) is 3.78. The molecule has 1 saturated carbocycles. The zero-order chi connectivity index (χ0) is 13.1. The summed E-state index contributed by atoms with van der Waals surface area (Å²) in [5, 5.41) is 9.46. The number of fused-ring (bicyclic) bond motifs is 1. The zero-order valence-corrected chi connectivity index (χ0v) is 11.1. The summed E-state index contributed by atoms with van der Waals surface area (Å²) >= 11 is 0. The van der Waals surface area contributed by atoms with Crippen LogP contribution in [0.25, 0.3) is 0 Å². The largest absolute Gasteiger partial charge is 0.490 e. The van der Waals surface area contributed by atoms with E-state index in [1.807, 2.05) is 12.1 Å². The van der Waals surface area contributed by atoms with Crippen molar-refractivity contribution in [2.24, 2.45) is 0 Å². The molecular formula is C15H20O4. The fourth-order valence-electron chi connectivity index (χ4n) is 2.74. The molecule has 1 heterocycles. The van der Waals surface area contributed by atoms with Gasteiger partial charge < -0.3 is 19.3 Å². The predicted molar refractivity (Wildman–Crippen MR) is 70.6 cm³/mol. The molecule has 0 saturated heterocycles. The van der Waals surface area contributed by atoms with Crippen molar-refractivity contribution in [2.45, 2.75) is 51.2 Å². The molecule has 1 aromatic carbocycles. The quantitative estimate of drug-likeness (QED) is 0.852. The van der Waals surface area contributed by atoms with Gasteiger partial charge in [-0.1, -0.05) is 12.8 Å². The Morgan fingerprint density at radius 3 is 2.42 bits per heavy atom. The van der Waals surface area contributed by atoms with Gasteiger partial charge in [0.2, 0.25) is 6.79 Å². The molecule has 0 unspecified atom stereocenters. The van der Waals surface area contributed by atoms with Gasteiger partial charge in [-0.3, -0.25) is 0 Å². The Labute approximate surface area is 113 Å². The molecule has 2 aliphatic rings. The summed E-state index contributed by atoms with van der Waals surface area (Å²) in [5.74, 6) is 2.14. The standard InChI is InChI=1S/C15H20O4/c16-9-11-7-14-15(18-10-17-14)8-13(11)19-12-5-3-1-2-4-6-12/h7-8,12,16H,1-6,9-10H2. The van der Waals surface area contributed by atoms with Gasteiger partial charge in [-0.15, -0.1) is 0 Å². The third-order valence-electron chi connectivity index (χ3n) is 3.82. The van der Waals surface area contributed by atoms with Crippen molar-refractivity contribution in [3.63, 3.8) is 0 Å². The van der Waals surface area contributed by atoms with E-state index in [4.69, 9.17) is 14.2 Å². The lowest BCUT2D eigenvalue weighted by Crippen LogP contribution is -2.16. The highest BCUT2D eigenvalue weighted by Gasteiger charge is 2.20. The highest BCUT2D eigenvalue weighted by molar-refractivity contribution is 5.51. The first kappa shape index (κ1) is 12.6. The van der Waals surface area contributed by atoms with Crippen LogP contribution in [0.2, 0.25) is 0 Å². The average molecular weight is 264 g/mol. The normalized spacial score (nSPS) is 19.2. The van der Waals surface area contributed by atoms with Crippen LogP contribution < -0.4 is 14.2 Å².